The Morgan fingerprint density at radius 1 is 1.00 bits per heavy atom. The molecule has 2 heteroatoms. The molecule has 0 atom stereocenters. The highest BCUT2D eigenvalue weighted by atomic mass is 35.5. The Hall–Kier alpha value is -1.47. The number of halogens is 1. The van der Waals surface area contributed by atoms with Crippen molar-refractivity contribution in [3.05, 3.63) is 59.1 Å². The summed E-state index contributed by atoms with van der Waals surface area (Å²) in [4.78, 5) is 0. The molecule has 0 heterocycles. The third-order valence-corrected chi connectivity index (χ3v) is 3.80. The van der Waals surface area contributed by atoms with E-state index in [0.717, 1.165) is 11.5 Å². The Balaban J connectivity index is 1.80. The van der Waals surface area contributed by atoms with Crippen molar-refractivity contribution in [1.82, 2.24) is 0 Å². The molecule has 18 heavy (non-hydrogen) atoms. The first-order valence-electron chi connectivity index (χ1n) is 6.35. The van der Waals surface area contributed by atoms with Crippen LogP contribution in [-0.2, 0) is 0 Å². The molecule has 0 aliphatic heterocycles. The minimum absolute atomic E-state index is 0.697. The van der Waals surface area contributed by atoms with Gasteiger partial charge in [0.2, 0.25) is 0 Å². The fourth-order valence-corrected chi connectivity index (χ4v) is 2.44. The Morgan fingerprint density at radius 2 is 1.78 bits per heavy atom. The van der Waals surface area contributed by atoms with Gasteiger partial charge in [-0.3, -0.25) is 0 Å². The van der Waals surface area contributed by atoms with E-state index in [1.54, 1.807) is 0 Å². The van der Waals surface area contributed by atoms with E-state index in [9.17, 15) is 0 Å². The molecule has 0 radical (unpaired) electrons. The summed E-state index contributed by atoms with van der Waals surface area (Å²) in [5.74, 6) is 2.25. The van der Waals surface area contributed by atoms with Crippen molar-refractivity contribution < 1.29 is 4.74 Å². The van der Waals surface area contributed by atoms with Crippen LogP contribution in [0.15, 0.2) is 48.5 Å². The monoisotopic (exact) mass is 258 g/mol. The first kappa shape index (κ1) is 11.6. The molecule has 2 aromatic carbocycles. The van der Waals surface area contributed by atoms with E-state index in [4.69, 9.17) is 16.3 Å². The van der Waals surface area contributed by atoms with Gasteiger partial charge in [-0.1, -0.05) is 42.3 Å². The van der Waals surface area contributed by atoms with Gasteiger partial charge in [0.25, 0.3) is 0 Å². The zero-order valence-electron chi connectivity index (χ0n) is 10.1. The maximum Gasteiger partial charge on any atom is 0.146 e. The van der Waals surface area contributed by atoms with E-state index in [1.165, 1.54) is 24.8 Å². The second-order valence-electron chi connectivity index (χ2n) is 4.73. The molecule has 0 unspecified atom stereocenters. The van der Waals surface area contributed by atoms with Crippen LogP contribution < -0.4 is 4.74 Å². The summed E-state index contributed by atoms with van der Waals surface area (Å²) in [5.41, 5.74) is 1.34. The number of para-hydroxylation sites is 1. The summed E-state index contributed by atoms with van der Waals surface area (Å²) in [7, 11) is 0. The van der Waals surface area contributed by atoms with E-state index in [1.807, 2.05) is 42.5 Å². The van der Waals surface area contributed by atoms with Crippen LogP contribution in [0.3, 0.4) is 0 Å². The quantitative estimate of drug-likeness (QED) is 0.716. The van der Waals surface area contributed by atoms with E-state index in [2.05, 4.69) is 6.07 Å². The molecule has 92 valence electrons. The van der Waals surface area contributed by atoms with E-state index in [-0.39, 0.29) is 0 Å². The third-order valence-electron chi connectivity index (χ3n) is 3.50. The van der Waals surface area contributed by atoms with Crippen LogP contribution in [0.4, 0.5) is 0 Å². The molecule has 1 fully saturated rings. The minimum Gasteiger partial charge on any atom is -0.456 e. The zero-order chi connectivity index (χ0) is 12.4. The molecule has 0 amide bonds. The lowest BCUT2D eigenvalue weighted by atomic mass is 9.80. The Labute approximate surface area is 112 Å². The molecule has 1 aliphatic rings. The second-order valence-corrected chi connectivity index (χ2v) is 5.14. The van der Waals surface area contributed by atoms with Gasteiger partial charge in [0.1, 0.15) is 11.5 Å². The Morgan fingerprint density at radius 3 is 2.39 bits per heavy atom. The molecule has 0 saturated heterocycles. The Bertz CT molecular complexity index is 532. The average Bonchev–Trinajstić information content (AvgIpc) is 2.32. The lowest BCUT2D eigenvalue weighted by Gasteiger charge is -2.26. The lowest BCUT2D eigenvalue weighted by molar-refractivity contribution is 0.419. The lowest BCUT2D eigenvalue weighted by Crippen LogP contribution is -2.08. The molecule has 1 nitrogen and oxygen atoms in total. The van der Waals surface area contributed by atoms with Crippen molar-refractivity contribution in [2.45, 2.75) is 25.2 Å². The van der Waals surface area contributed by atoms with Crippen LogP contribution in [0.1, 0.15) is 30.7 Å². The molecule has 0 bridgehead atoms. The van der Waals surface area contributed by atoms with Crippen molar-refractivity contribution in [3.63, 3.8) is 0 Å². The van der Waals surface area contributed by atoms with E-state index in [0.29, 0.717) is 10.9 Å². The van der Waals surface area contributed by atoms with Crippen molar-refractivity contribution in [3.8, 4) is 11.5 Å². The van der Waals surface area contributed by atoms with Gasteiger partial charge in [-0.15, -0.1) is 0 Å². The Kier molecular flexibility index (Phi) is 3.24. The van der Waals surface area contributed by atoms with Gasteiger partial charge in [0.05, 0.1) is 5.02 Å². The largest absolute Gasteiger partial charge is 0.456 e. The highest BCUT2D eigenvalue weighted by Gasteiger charge is 2.20. The van der Waals surface area contributed by atoms with Gasteiger partial charge >= 0.3 is 0 Å². The third kappa shape index (κ3) is 2.37. The van der Waals surface area contributed by atoms with Gasteiger partial charge in [0.15, 0.2) is 0 Å². The van der Waals surface area contributed by atoms with Crippen LogP contribution >= 0.6 is 11.6 Å². The maximum absolute atomic E-state index is 6.28. The molecule has 2 aromatic rings. The van der Waals surface area contributed by atoms with Gasteiger partial charge in [0, 0.05) is 0 Å². The summed E-state index contributed by atoms with van der Waals surface area (Å²) < 4.78 is 5.76. The SMILES string of the molecule is Clc1cc(C2CCC2)ccc1Oc1ccccc1. The number of rotatable bonds is 3. The minimum atomic E-state index is 0.697. The van der Waals surface area contributed by atoms with Crippen LogP contribution in [0.2, 0.25) is 5.02 Å². The predicted molar refractivity (Wildman–Crippen MR) is 74.6 cm³/mol. The maximum atomic E-state index is 6.28. The highest BCUT2D eigenvalue weighted by molar-refractivity contribution is 6.32. The molecule has 0 spiro atoms. The van der Waals surface area contributed by atoms with Crippen molar-refractivity contribution >= 4 is 11.6 Å². The topological polar surface area (TPSA) is 9.23 Å². The summed E-state index contributed by atoms with van der Waals surface area (Å²) in [5, 5.41) is 0.697. The number of benzene rings is 2. The van der Waals surface area contributed by atoms with Crippen molar-refractivity contribution in [1.29, 1.82) is 0 Å². The number of hydrogen-bond donors (Lipinski definition) is 0. The summed E-state index contributed by atoms with van der Waals surface area (Å²) in [6, 6.07) is 15.9. The molecule has 0 aromatic heterocycles. The van der Waals surface area contributed by atoms with Crippen LogP contribution in [-0.4, -0.2) is 0 Å². The molecule has 1 aliphatic carbocycles. The summed E-state index contributed by atoms with van der Waals surface area (Å²) in [6.45, 7) is 0. The van der Waals surface area contributed by atoms with Gasteiger partial charge in [-0.05, 0) is 48.6 Å². The zero-order valence-corrected chi connectivity index (χ0v) is 10.9. The van der Waals surface area contributed by atoms with Gasteiger partial charge < -0.3 is 4.74 Å². The van der Waals surface area contributed by atoms with Crippen LogP contribution in [0.25, 0.3) is 0 Å². The normalized spacial score (nSPS) is 15.2. The van der Waals surface area contributed by atoms with E-state index < -0.39 is 0 Å². The smallest absolute Gasteiger partial charge is 0.146 e. The fraction of sp³-hybridized carbons (Fsp3) is 0.250. The van der Waals surface area contributed by atoms with E-state index >= 15 is 0 Å². The van der Waals surface area contributed by atoms with Crippen molar-refractivity contribution in [2.75, 3.05) is 0 Å². The first-order chi connectivity index (χ1) is 8.83. The number of hydrogen-bond acceptors (Lipinski definition) is 1. The fourth-order valence-electron chi connectivity index (χ4n) is 2.21. The van der Waals surface area contributed by atoms with Crippen LogP contribution in [0, 0.1) is 0 Å². The summed E-state index contributed by atoms with van der Waals surface area (Å²) in [6.07, 6.45) is 3.91. The summed E-state index contributed by atoms with van der Waals surface area (Å²) >= 11 is 6.28. The first-order valence-corrected chi connectivity index (χ1v) is 6.73. The molecule has 3 rings (SSSR count). The number of ether oxygens (including phenoxy) is 1. The average molecular weight is 259 g/mol. The molecular weight excluding hydrogens is 244 g/mol. The second kappa shape index (κ2) is 5.03. The highest BCUT2D eigenvalue weighted by Crippen LogP contribution is 2.39. The van der Waals surface area contributed by atoms with Crippen LogP contribution in [0.5, 0.6) is 11.5 Å². The standard InChI is InChI=1S/C16H15ClO/c17-15-11-13(12-5-4-6-12)9-10-16(15)18-14-7-2-1-3-8-14/h1-3,7-12H,4-6H2. The molecular formula is C16H15ClO. The van der Waals surface area contributed by atoms with Crippen molar-refractivity contribution in [2.24, 2.45) is 0 Å². The van der Waals surface area contributed by atoms with Gasteiger partial charge in [-0.25, -0.2) is 0 Å². The van der Waals surface area contributed by atoms with Gasteiger partial charge in [-0.2, -0.15) is 0 Å². The molecule has 1 saturated carbocycles. The molecule has 0 N–H and O–H groups in total. The predicted octanol–water partition coefficient (Wildman–Crippen LogP) is 5.40.